The molecule has 0 atom stereocenters. The first kappa shape index (κ1) is 9.79. The summed E-state index contributed by atoms with van der Waals surface area (Å²) in [5.74, 6) is 0. The molecule has 1 heterocycles. The number of nitrogens with zero attached hydrogens (tertiary/aromatic N) is 2. The van der Waals surface area contributed by atoms with E-state index in [0.717, 1.165) is 8.54 Å². The van der Waals surface area contributed by atoms with Gasteiger partial charge in [-0.1, -0.05) is 31.0 Å². The normalized spacial score (nSPS) is 10.2. The summed E-state index contributed by atoms with van der Waals surface area (Å²) in [7, 11) is 0. The topological polar surface area (TPSA) is 44.0 Å². The minimum atomic E-state index is -0.475. The fourth-order valence-electron chi connectivity index (χ4n) is 1.28. The molecule has 0 saturated heterocycles. The maximum Gasteiger partial charge on any atom is 0.345 e. The van der Waals surface area contributed by atoms with Gasteiger partial charge in [0.15, 0.2) is 0 Å². The first-order valence-corrected chi connectivity index (χ1v) is 4.69. The summed E-state index contributed by atoms with van der Waals surface area (Å²) in [5.41, 5.74) is -0.301. The van der Waals surface area contributed by atoms with Crippen molar-refractivity contribution >= 4 is 12.8 Å². The summed E-state index contributed by atoms with van der Waals surface area (Å²) in [5, 5.41) is 0. The molecule has 0 fully saturated rings. The molecule has 76 valence electrons. The summed E-state index contributed by atoms with van der Waals surface area (Å²) in [6.07, 6.45) is 1.33. The van der Waals surface area contributed by atoms with E-state index < -0.39 is 5.69 Å². The van der Waals surface area contributed by atoms with Crippen LogP contribution < -0.4 is 11.2 Å². The fourth-order valence-corrected chi connectivity index (χ4v) is 1.44. The summed E-state index contributed by atoms with van der Waals surface area (Å²) in [4.78, 5) is 23.1. The lowest BCUT2D eigenvalue weighted by Gasteiger charge is -2.04. The van der Waals surface area contributed by atoms with Gasteiger partial charge in [0.1, 0.15) is 0 Å². The lowest BCUT2D eigenvalue weighted by Crippen LogP contribution is -2.35. The van der Waals surface area contributed by atoms with Crippen molar-refractivity contribution in [3.63, 3.8) is 0 Å². The van der Waals surface area contributed by atoms with Crippen LogP contribution in [0.15, 0.2) is 52.2 Å². The highest BCUT2D eigenvalue weighted by Gasteiger charge is 2.04. The van der Waals surface area contributed by atoms with Gasteiger partial charge < -0.3 is 0 Å². The van der Waals surface area contributed by atoms with Gasteiger partial charge in [0.25, 0.3) is 5.56 Å². The first-order valence-electron chi connectivity index (χ1n) is 4.29. The minimum Gasteiger partial charge on any atom is -0.269 e. The van der Waals surface area contributed by atoms with Crippen molar-refractivity contribution < 1.29 is 0 Å². The van der Waals surface area contributed by atoms with Crippen LogP contribution in [0, 0.1) is 0 Å². The standard InChI is InChI=1S/C10H8N2O2S/c13-9-6-7-11(15)10(14)12(9)8-4-2-1-3-5-8/h1-7,15H. The molecule has 15 heavy (non-hydrogen) atoms. The molecule has 0 amide bonds. The largest absolute Gasteiger partial charge is 0.345 e. The third-order valence-corrected chi connectivity index (χ3v) is 2.28. The SMILES string of the molecule is O=c1ccn(S)c(=O)n1-c1ccccc1. The molecular formula is C10H8N2O2S. The van der Waals surface area contributed by atoms with Gasteiger partial charge in [0.05, 0.1) is 5.69 Å². The summed E-state index contributed by atoms with van der Waals surface area (Å²) >= 11 is 3.91. The number of benzene rings is 1. The molecule has 0 bridgehead atoms. The lowest BCUT2D eigenvalue weighted by molar-refractivity contribution is 0.854. The van der Waals surface area contributed by atoms with Crippen molar-refractivity contribution in [1.29, 1.82) is 0 Å². The fraction of sp³-hybridized carbons (Fsp3) is 0. The molecule has 0 aliphatic carbocycles. The zero-order valence-corrected chi connectivity index (χ0v) is 8.59. The van der Waals surface area contributed by atoms with Crippen LogP contribution in [0.4, 0.5) is 0 Å². The Morgan fingerprint density at radius 2 is 1.67 bits per heavy atom. The molecule has 0 saturated carbocycles. The van der Waals surface area contributed by atoms with E-state index in [1.54, 1.807) is 24.3 Å². The van der Waals surface area contributed by atoms with Crippen molar-refractivity contribution in [3.05, 3.63) is 63.4 Å². The predicted octanol–water partition coefficient (Wildman–Crippen LogP) is 0.692. The zero-order valence-electron chi connectivity index (χ0n) is 7.70. The Hall–Kier alpha value is -1.75. The lowest BCUT2D eigenvalue weighted by atomic mass is 10.3. The average Bonchev–Trinajstić information content (AvgIpc) is 2.26. The van der Waals surface area contributed by atoms with Crippen LogP contribution in [0.1, 0.15) is 0 Å². The van der Waals surface area contributed by atoms with E-state index in [-0.39, 0.29) is 5.56 Å². The third kappa shape index (κ3) is 1.73. The number of hydrogen-bond acceptors (Lipinski definition) is 3. The Balaban J connectivity index is 2.80. The summed E-state index contributed by atoms with van der Waals surface area (Å²) in [6, 6.07) is 10.0. The molecule has 5 heteroatoms. The molecule has 0 radical (unpaired) electrons. The highest BCUT2D eigenvalue weighted by Crippen LogP contribution is 2.00. The predicted molar refractivity (Wildman–Crippen MR) is 60.7 cm³/mol. The highest BCUT2D eigenvalue weighted by molar-refractivity contribution is 7.78. The first-order chi connectivity index (χ1) is 7.20. The summed E-state index contributed by atoms with van der Waals surface area (Å²) in [6.45, 7) is 0. The van der Waals surface area contributed by atoms with Crippen LogP contribution in [0.3, 0.4) is 0 Å². The summed E-state index contributed by atoms with van der Waals surface area (Å²) < 4.78 is 2.13. The quantitative estimate of drug-likeness (QED) is 0.719. The Kier molecular flexibility index (Phi) is 2.47. The van der Waals surface area contributed by atoms with E-state index in [1.165, 1.54) is 12.3 Å². The van der Waals surface area contributed by atoms with Crippen molar-refractivity contribution in [3.8, 4) is 5.69 Å². The van der Waals surface area contributed by atoms with Gasteiger partial charge in [-0.05, 0) is 12.1 Å². The molecule has 0 aliphatic heterocycles. The molecule has 1 aromatic heterocycles. The van der Waals surface area contributed by atoms with E-state index in [2.05, 4.69) is 12.8 Å². The Bertz CT molecular complexity index is 586. The van der Waals surface area contributed by atoms with Crippen molar-refractivity contribution in [2.75, 3.05) is 0 Å². The van der Waals surface area contributed by atoms with Crippen LogP contribution in [-0.2, 0) is 0 Å². The second-order valence-electron chi connectivity index (χ2n) is 2.95. The van der Waals surface area contributed by atoms with Gasteiger partial charge in [-0.3, -0.25) is 4.79 Å². The van der Waals surface area contributed by atoms with Gasteiger partial charge in [-0.15, -0.1) is 0 Å². The highest BCUT2D eigenvalue weighted by atomic mass is 32.1. The van der Waals surface area contributed by atoms with Crippen LogP contribution in [-0.4, -0.2) is 8.54 Å². The van der Waals surface area contributed by atoms with Gasteiger partial charge in [-0.2, -0.15) is 0 Å². The minimum absolute atomic E-state index is 0.364. The van der Waals surface area contributed by atoms with Gasteiger partial charge >= 0.3 is 5.69 Å². The van der Waals surface area contributed by atoms with Crippen LogP contribution in [0.2, 0.25) is 0 Å². The molecule has 0 N–H and O–H groups in total. The monoisotopic (exact) mass is 220 g/mol. The van der Waals surface area contributed by atoms with E-state index in [1.807, 2.05) is 6.07 Å². The molecule has 2 aromatic rings. The van der Waals surface area contributed by atoms with Crippen molar-refractivity contribution in [1.82, 2.24) is 8.54 Å². The van der Waals surface area contributed by atoms with E-state index in [9.17, 15) is 9.59 Å². The molecule has 2 rings (SSSR count). The Morgan fingerprint density at radius 1 is 1.00 bits per heavy atom. The van der Waals surface area contributed by atoms with E-state index in [4.69, 9.17) is 0 Å². The maximum absolute atomic E-state index is 11.6. The van der Waals surface area contributed by atoms with Crippen molar-refractivity contribution in [2.45, 2.75) is 0 Å². The molecule has 4 nitrogen and oxygen atoms in total. The van der Waals surface area contributed by atoms with Gasteiger partial charge in [0.2, 0.25) is 0 Å². The van der Waals surface area contributed by atoms with E-state index in [0.29, 0.717) is 5.69 Å². The maximum atomic E-state index is 11.6. The molecule has 0 aliphatic rings. The second kappa shape index (κ2) is 3.78. The van der Waals surface area contributed by atoms with Crippen LogP contribution >= 0.6 is 12.8 Å². The molecular weight excluding hydrogens is 212 g/mol. The van der Waals surface area contributed by atoms with Gasteiger partial charge in [-0.25, -0.2) is 13.3 Å². The van der Waals surface area contributed by atoms with Crippen LogP contribution in [0.25, 0.3) is 5.69 Å². The number of para-hydroxylation sites is 1. The number of rotatable bonds is 1. The number of hydrogen-bond donors (Lipinski definition) is 1. The third-order valence-electron chi connectivity index (χ3n) is 1.98. The molecule has 0 unspecified atom stereocenters. The Labute approximate surface area is 91.0 Å². The van der Waals surface area contributed by atoms with Crippen LogP contribution in [0.5, 0.6) is 0 Å². The molecule has 0 spiro atoms. The smallest absolute Gasteiger partial charge is 0.269 e. The Morgan fingerprint density at radius 3 is 2.33 bits per heavy atom. The molecule has 1 aromatic carbocycles. The average molecular weight is 220 g/mol. The number of aromatic nitrogens is 2. The second-order valence-corrected chi connectivity index (χ2v) is 3.38. The number of thiol groups is 1. The van der Waals surface area contributed by atoms with Crippen molar-refractivity contribution in [2.24, 2.45) is 0 Å². The van der Waals surface area contributed by atoms with E-state index >= 15 is 0 Å². The zero-order chi connectivity index (χ0) is 10.8. The van der Waals surface area contributed by atoms with Gasteiger partial charge in [0, 0.05) is 12.3 Å².